The van der Waals surface area contributed by atoms with Gasteiger partial charge in [0.1, 0.15) is 0 Å². The number of benzene rings is 1. The summed E-state index contributed by atoms with van der Waals surface area (Å²) in [5.74, 6) is -0.327. The molecular formula is C15H12F3N3O2. The molecule has 1 amide bonds. The van der Waals surface area contributed by atoms with E-state index in [9.17, 15) is 18.0 Å². The van der Waals surface area contributed by atoms with Crippen LogP contribution in [0.5, 0.6) is 0 Å². The number of halogens is 3. The molecule has 0 bridgehead atoms. The van der Waals surface area contributed by atoms with Crippen LogP contribution in [0.3, 0.4) is 0 Å². The molecule has 5 nitrogen and oxygen atoms in total. The summed E-state index contributed by atoms with van der Waals surface area (Å²) in [6.07, 6.45) is -3.23. The van der Waals surface area contributed by atoms with Crippen molar-refractivity contribution < 1.29 is 22.4 Å². The van der Waals surface area contributed by atoms with Gasteiger partial charge < -0.3 is 15.1 Å². The first-order valence-electron chi connectivity index (χ1n) is 6.58. The zero-order valence-corrected chi connectivity index (χ0v) is 11.8. The smallest absolute Gasteiger partial charge is 0.418 e. The van der Waals surface area contributed by atoms with Crippen LogP contribution in [-0.4, -0.2) is 19.0 Å². The molecule has 1 heterocycles. The minimum Gasteiger partial charge on any atom is -0.459 e. The van der Waals surface area contributed by atoms with E-state index in [-0.39, 0.29) is 30.1 Å². The molecule has 0 aliphatic rings. The van der Waals surface area contributed by atoms with Crippen LogP contribution in [0.1, 0.15) is 21.7 Å². The van der Waals surface area contributed by atoms with E-state index in [1.807, 2.05) is 0 Å². The topological polar surface area (TPSA) is 78.1 Å². The molecule has 0 saturated carbocycles. The van der Waals surface area contributed by atoms with Crippen molar-refractivity contribution in [3.8, 4) is 6.07 Å². The third-order valence-electron chi connectivity index (χ3n) is 2.93. The first-order valence-corrected chi connectivity index (χ1v) is 6.58. The molecule has 2 N–H and O–H groups in total. The van der Waals surface area contributed by atoms with Gasteiger partial charge in [0.15, 0.2) is 5.76 Å². The molecule has 0 spiro atoms. The molecule has 2 aromatic rings. The van der Waals surface area contributed by atoms with Crippen LogP contribution in [0.4, 0.5) is 18.9 Å². The second-order valence-electron chi connectivity index (χ2n) is 4.53. The number of nitrogens with one attached hydrogen (secondary N) is 2. The number of furan rings is 1. The molecule has 2 rings (SSSR count). The summed E-state index contributed by atoms with van der Waals surface area (Å²) in [5, 5.41) is 13.8. The van der Waals surface area contributed by atoms with E-state index in [0.717, 1.165) is 6.07 Å². The molecule has 1 aromatic heterocycles. The van der Waals surface area contributed by atoms with Gasteiger partial charge in [0.05, 0.1) is 23.5 Å². The predicted octanol–water partition coefficient (Wildman–Crippen LogP) is 3.01. The van der Waals surface area contributed by atoms with Crippen LogP contribution in [0.2, 0.25) is 0 Å². The van der Waals surface area contributed by atoms with Crippen molar-refractivity contribution in [1.29, 1.82) is 5.26 Å². The average Bonchev–Trinajstić information content (AvgIpc) is 3.05. The lowest BCUT2D eigenvalue weighted by molar-refractivity contribution is -0.137. The van der Waals surface area contributed by atoms with Crippen molar-refractivity contribution in [3.63, 3.8) is 0 Å². The van der Waals surface area contributed by atoms with Crippen molar-refractivity contribution in [1.82, 2.24) is 5.32 Å². The van der Waals surface area contributed by atoms with Gasteiger partial charge in [0, 0.05) is 18.8 Å². The molecule has 120 valence electrons. The summed E-state index contributed by atoms with van der Waals surface area (Å²) in [4.78, 5) is 11.6. The Bertz CT molecular complexity index is 719. The summed E-state index contributed by atoms with van der Waals surface area (Å²) in [6.45, 7) is 0.193. The molecule has 0 fully saturated rings. The summed E-state index contributed by atoms with van der Waals surface area (Å²) in [5.41, 5.74) is -1.15. The Labute approximate surface area is 129 Å². The summed E-state index contributed by atoms with van der Waals surface area (Å²) in [6, 6.07) is 7.96. The van der Waals surface area contributed by atoms with Crippen LogP contribution in [-0.2, 0) is 6.18 Å². The van der Waals surface area contributed by atoms with Crippen molar-refractivity contribution >= 4 is 11.6 Å². The SMILES string of the molecule is N#Cc1ccc(NCCNC(=O)c2ccco2)c(C(F)(F)F)c1. The maximum absolute atomic E-state index is 13.0. The number of amides is 1. The van der Waals surface area contributed by atoms with Gasteiger partial charge in [-0.3, -0.25) is 4.79 Å². The molecule has 0 unspecified atom stereocenters. The lowest BCUT2D eigenvalue weighted by Gasteiger charge is -2.15. The Morgan fingerprint density at radius 3 is 2.65 bits per heavy atom. The number of anilines is 1. The molecular weight excluding hydrogens is 311 g/mol. The van der Waals surface area contributed by atoms with E-state index >= 15 is 0 Å². The highest BCUT2D eigenvalue weighted by Crippen LogP contribution is 2.35. The summed E-state index contributed by atoms with van der Waals surface area (Å²) in [7, 11) is 0. The van der Waals surface area contributed by atoms with Gasteiger partial charge in [-0.1, -0.05) is 0 Å². The molecule has 0 radical (unpaired) electrons. The van der Waals surface area contributed by atoms with Crippen LogP contribution in [0.25, 0.3) is 0 Å². The number of carbonyl (C=O) groups excluding carboxylic acids is 1. The van der Waals surface area contributed by atoms with E-state index in [2.05, 4.69) is 10.6 Å². The van der Waals surface area contributed by atoms with Crippen LogP contribution in [0, 0.1) is 11.3 Å². The maximum atomic E-state index is 13.0. The van der Waals surface area contributed by atoms with Crippen molar-refractivity contribution in [2.24, 2.45) is 0 Å². The minimum absolute atomic E-state index is 0.0750. The van der Waals surface area contributed by atoms with Gasteiger partial charge in [0.25, 0.3) is 5.91 Å². The molecule has 8 heteroatoms. The second kappa shape index (κ2) is 6.87. The molecule has 0 aliphatic carbocycles. The van der Waals surface area contributed by atoms with Crippen molar-refractivity contribution in [2.45, 2.75) is 6.18 Å². The quantitative estimate of drug-likeness (QED) is 0.829. The van der Waals surface area contributed by atoms with Gasteiger partial charge >= 0.3 is 6.18 Å². The lowest BCUT2D eigenvalue weighted by atomic mass is 10.1. The molecule has 0 atom stereocenters. The summed E-state index contributed by atoms with van der Waals surface area (Å²) < 4.78 is 43.8. The van der Waals surface area contributed by atoms with Crippen LogP contribution >= 0.6 is 0 Å². The zero-order chi connectivity index (χ0) is 16.9. The summed E-state index contributed by atoms with van der Waals surface area (Å²) >= 11 is 0. The number of nitrogens with zero attached hydrogens (tertiary/aromatic N) is 1. The fraction of sp³-hybridized carbons (Fsp3) is 0.200. The Morgan fingerprint density at radius 1 is 1.26 bits per heavy atom. The predicted molar refractivity (Wildman–Crippen MR) is 75.7 cm³/mol. The van der Waals surface area contributed by atoms with Gasteiger partial charge in [-0.05, 0) is 30.3 Å². The van der Waals surface area contributed by atoms with E-state index in [4.69, 9.17) is 9.68 Å². The third-order valence-corrected chi connectivity index (χ3v) is 2.93. The monoisotopic (exact) mass is 323 g/mol. The van der Waals surface area contributed by atoms with Gasteiger partial charge in [-0.25, -0.2) is 0 Å². The average molecular weight is 323 g/mol. The Hall–Kier alpha value is -2.95. The highest BCUT2D eigenvalue weighted by atomic mass is 19.4. The number of hydrogen-bond donors (Lipinski definition) is 2. The van der Waals surface area contributed by atoms with E-state index in [1.165, 1.54) is 24.5 Å². The number of rotatable bonds is 5. The zero-order valence-electron chi connectivity index (χ0n) is 11.8. The first-order chi connectivity index (χ1) is 10.9. The van der Waals surface area contributed by atoms with Crippen LogP contribution in [0.15, 0.2) is 41.0 Å². The van der Waals surface area contributed by atoms with Crippen molar-refractivity contribution in [3.05, 3.63) is 53.5 Å². The minimum atomic E-state index is -4.58. The Kier molecular flexibility index (Phi) is 4.91. The molecule has 1 aromatic carbocycles. The number of carbonyl (C=O) groups is 1. The lowest BCUT2D eigenvalue weighted by Crippen LogP contribution is -2.28. The van der Waals surface area contributed by atoms with E-state index in [1.54, 1.807) is 12.1 Å². The highest BCUT2D eigenvalue weighted by Gasteiger charge is 2.33. The van der Waals surface area contributed by atoms with Gasteiger partial charge in [0.2, 0.25) is 0 Å². The fourth-order valence-corrected chi connectivity index (χ4v) is 1.87. The van der Waals surface area contributed by atoms with Crippen molar-refractivity contribution in [2.75, 3.05) is 18.4 Å². The van der Waals surface area contributed by atoms with E-state index < -0.39 is 17.6 Å². The normalized spacial score (nSPS) is 10.9. The standard InChI is InChI=1S/C15H12F3N3O2/c16-15(17,18)11-8-10(9-19)3-4-12(11)20-5-6-21-14(22)13-2-1-7-23-13/h1-4,7-8,20H,5-6H2,(H,21,22). The highest BCUT2D eigenvalue weighted by molar-refractivity contribution is 5.91. The second-order valence-corrected chi connectivity index (χ2v) is 4.53. The number of hydrogen-bond acceptors (Lipinski definition) is 4. The fourth-order valence-electron chi connectivity index (χ4n) is 1.87. The molecule has 0 aliphatic heterocycles. The number of alkyl halides is 3. The molecule has 23 heavy (non-hydrogen) atoms. The largest absolute Gasteiger partial charge is 0.459 e. The Balaban J connectivity index is 1.95. The van der Waals surface area contributed by atoms with E-state index in [0.29, 0.717) is 0 Å². The third kappa shape index (κ3) is 4.26. The first kappa shape index (κ1) is 16.4. The van der Waals surface area contributed by atoms with Crippen LogP contribution < -0.4 is 10.6 Å². The molecule has 0 saturated heterocycles. The number of nitriles is 1. The van der Waals surface area contributed by atoms with Gasteiger partial charge in [-0.15, -0.1) is 0 Å². The Morgan fingerprint density at radius 2 is 2.04 bits per heavy atom. The van der Waals surface area contributed by atoms with Gasteiger partial charge in [-0.2, -0.15) is 18.4 Å². The maximum Gasteiger partial charge on any atom is 0.418 e.